The van der Waals surface area contributed by atoms with E-state index in [1.54, 1.807) is 13.0 Å². The molecular weight excluding hydrogens is 254 g/mol. The molecule has 0 aromatic carbocycles. The third kappa shape index (κ3) is 2.26. The Labute approximate surface area is 88.7 Å². The average molecular weight is 261 g/mol. The number of pyridine rings is 1. The normalized spacial score (nSPS) is 10.3. The molecule has 0 radical (unpaired) electrons. The molecule has 0 aliphatic heterocycles. The Balaban J connectivity index is 3.25. The lowest BCUT2D eigenvalue weighted by atomic mass is 10.1. The molecule has 5 heteroatoms. The molecule has 2 nitrogen and oxygen atoms in total. The number of rotatable bonds is 2. The Morgan fingerprint density at radius 3 is 2.79 bits per heavy atom. The van der Waals surface area contributed by atoms with E-state index in [9.17, 15) is 8.78 Å². The molecular formula is C9H7BrF2N2. The van der Waals surface area contributed by atoms with Gasteiger partial charge in [-0.2, -0.15) is 5.26 Å². The lowest BCUT2D eigenvalue weighted by Crippen LogP contribution is -2.00. The maximum atomic E-state index is 12.5. The van der Waals surface area contributed by atoms with Crippen LogP contribution in [0, 0.1) is 18.3 Å². The summed E-state index contributed by atoms with van der Waals surface area (Å²) in [5.41, 5.74) is 0.729. The molecule has 1 heterocycles. The Kier molecular flexibility index (Phi) is 3.53. The van der Waals surface area contributed by atoms with Crippen LogP contribution in [0.2, 0.25) is 0 Å². The Morgan fingerprint density at radius 2 is 2.29 bits per heavy atom. The van der Waals surface area contributed by atoms with Gasteiger partial charge < -0.3 is 0 Å². The summed E-state index contributed by atoms with van der Waals surface area (Å²) >= 11 is 3.07. The standard InChI is InChI=1S/C9H7BrF2N2/c1-5-4-6(2-3-13)7(9(11)12)14-8(5)10/h4,9H,2H2,1H3. The van der Waals surface area contributed by atoms with E-state index in [1.807, 2.05) is 6.07 Å². The fourth-order valence-electron chi connectivity index (χ4n) is 1.08. The fraction of sp³-hybridized carbons (Fsp3) is 0.333. The molecule has 1 aromatic rings. The third-order valence-electron chi connectivity index (χ3n) is 1.74. The van der Waals surface area contributed by atoms with Crippen molar-refractivity contribution < 1.29 is 8.78 Å². The number of hydrogen-bond acceptors (Lipinski definition) is 2. The van der Waals surface area contributed by atoms with Crippen LogP contribution in [-0.2, 0) is 6.42 Å². The van der Waals surface area contributed by atoms with E-state index in [4.69, 9.17) is 5.26 Å². The van der Waals surface area contributed by atoms with Gasteiger partial charge >= 0.3 is 0 Å². The largest absolute Gasteiger partial charge is 0.280 e. The summed E-state index contributed by atoms with van der Waals surface area (Å²) in [5.74, 6) is 0. The minimum absolute atomic E-state index is 0.0409. The topological polar surface area (TPSA) is 36.7 Å². The number of halogens is 3. The zero-order chi connectivity index (χ0) is 10.7. The van der Waals surface area contributed by atoms with Crippen LogP contribution in [0.25, 0.3) is 0 Å². The van der Waals surface area contributed by atoms with Gasteiger partial charge in [-0.25, -0.2) is 13.8 Å². The molecule has 0 spiro atoms. The summed E-state index contributed by atoms with van der Waals surface area (Å²) in [6, 6.07) is 3.39. The second-order valence-electron chi connectivity index (χ2n) is 2.78. The number of nitrogens with zero attached hydrogens (tertiary/aromatic N) is 2. The molecule has 1 rings (SSSR count). The molecule has 0 amide bonds. The highest BCUT2D eigenvalue weighted by atomic mass is 79.9. The molecule has 0 aliphatic carbocycles. The Morgan fingerprint density at radius 1 is 1.64 bits per heavy atom. The van der Waals surface area contributed by atoms with Gasteiger partial charge in [0.25, 0.3) is 6.43 Å². The van der Waals surface area contributed by atoms with E-state index in [-0.39, 0.29) is 12.1 Å². The third-order valence-corrected chi connectivity index (χ3v) is 2.54. The van der Waals surface area contributed by atoms with Crippen molar-refractivity contribution in [2.75, 3.05) is 0 Å². The van der Waals surface area contributed by atoms with Crippen molar-refractivity contribution in [3.63, 3.8) is 0 Å². The minimum atomic E-state index is -2.64. The van der Waals surface area contributed by atoms with E-state index < -0.39 is 6.43 Å². The number of nitriles is 1. The first-order valence-electron chi connectivity index (χ1n) is 3.87. The number of hydrogen-bond donors (Lipinski definition) is 0. The van der Waals surface area contributed by atoms with Crippen molar-refractivity contribution in [1.82, 2.24) is 4.98 Å². The molecule has 14 heavy (non-hydrogen) atoms. The highest BCUT2D eigenvalue weighted by Gasteiger charge is 2.16. The summed E-state index contributed by atoms with van der Waals surface area (Å²) < 4.78 is 25.3. The molecule has 1 aromatic heterocycles. The quantitative estimate of drug-likeness (QED) is 0.766. The Hall–Kier alpha value is -1.02. The SMILES string of the molecule is Cc1cc(CC#N)c(C(F)F)nc1Br. The van der Waals surface area contributed by atoms with Gasteiger partial charge in [-0.05, 0) is 34.0 Å². The van der Waals surface area contributed by atoms with Gasteiger partial charge in [0.15, 0.2) is 0 Å². The van der Waals surface area contributed by atoms with Crippen LogP contribution >= 0.6 is 15.9 Å². The highest BCUT2D eigenvalue weighted by Crippen LogP contribution is 2.25. The maximum Gasteiger partial charge on any atom is 0.280 e. The predicted octanol–water partition coefficient (Wildman–Crippen LogP) is 3.16. The zero-order valence-electron chi connectivity index (χ0n) is 7.39. The van der Waals surface area contributed by atoms with Crippen molar-refractivity contribution >= 4 is 15.9 Å². The predicted molar refractivity (Wildman–Crippen MR) is 50.9 cm³/mol. The van der Waals surface area contributed by atoms with Gasteiger partial charge in [-0.15, -0.1) is 0 Å². The van der Waals surface area contributed by atoms with Crippen LogP contribution in [0.15, 0.2) is 10.7 Å². The van der Waals surface area contributed by atoms with Crippen LogP contribution in [0.5, 0.6) is 0 Å². The van der Waals surface area contributed by atoms with Crippen molar-refractivity contribution in [1.29, 1.82) is 5.26 Å². The van der Waals surface area contributed by atoms with E-state index in [0.29, 0.717) is 10.2 Å². The summed E-state index contributed by atoms with van der Waals surface area (Å²) in [5, 5.41) is 8.45. The molecule has 0 saturated carbocycles. The zero-order valence-corrected chi connectivity index (χ0v) is 8.98. The second-order valence-corrected chi connectivity index (χ2v) is 3.53. The summed E-state index contributed by atoms with van der Waals surface area (Å²) in [7, 11) is 0. The monoisotopic (exact) mass is 260 g/mol. The maximum absolute atomic E-state index is 12.5. The van der Waals surface area contributed by atoms with Gasteiger partial charge in [0.2, 0.25) is 0 Å². The molecule has 0 N–H and O–H groups in total. The molecule has 0 fully saturated rings. The van der Waals surface area contributed by atoms with Crippen molar-refractivity contribution in [3.05, 3.63) is 27.5 Å². The number of aryl methyl sites for hydroxylation is 1. The summed E-state index contributed by atoms with van der Waals surface area (Å²) in [6.07, 6.45) is -2.68. The van der Waals surface area contributed by atoms with Gasteiger partial charge in [0.1, 0.15) is 10.3 Å². The van der Waals surface area contributed by atoms with Gasteiger partial charge in [-0.1, -0.05) is 6.07 Å². The van der Waals surface area contributed by atoms with Crippen molar-refractivity contribution in [2.45, 2.75) is 19.8 Å². The van der Waals surface area contributed by atoms with E-state index in [1.165, 1.54) is 0 Å². The first-order valence-corrected chi connectivity index (χ1v) is 4.66. The van der Waals surface area contributed by atoms with Gasteiger partial charge in [0.05, 0.1) is 12.5 Å². The van der Waals surface area contributed by atoms with E-state index >= 15 is 0 Å². The van der Waals surface area contributed by atoms with Crippen LogP contribution in [0.1, 0.15) is 23.2 Å². The highest BCUT2D eigenvalue weighted by molar-refractivity contribution is 9.10. The van der Waals surface area contributed by atoms with Crippen LogP contribution in [0.4, 0.5) is 8.78 Å². The number of aromatic nitrogens is 1. The lowest BCUT2D eigenvalue weighted by molar-refractivity contribution is 0.145. The second kappa shape index (κ2) is 4.47. The first-order chi connectivity index (χ1) is 6.56. The molecule has 0 atom stereocenters. The molecule has 0 aliphatic rings. The number of alkyl halides is 2. The van der Waals surface area contributed by atoms with E-state index in [2.05, 4.69) is 20.9 Å². The molecule has 0 unspecified atom stereocenters. The van der Waals surface area contributed by atoms with Crippen LogP contribution in [-0.4, -0.2) is 4.98 Å². The summed E-state index contributed by atoms with van der Waals surface area (Å²) in [4.78, 5) is 3.71. The average Bonchev–Trinajstić information content (AvgIpc) is 2.11. The molecule has 0 bridgehead atoms. The first kappa shape index (κ1) is 11.1. The van der Waals surface area contributed by atoms with Crippen LogP contribution in [0.3, 0.4) is 0 Å². The molecule has 74 valence electrons. The van der Waals surface area contributed by atoms with E-state index in [0.717, 1.165) is 5.56 Å². The summed E-state index contributed by atoms with van der Waals surface area (Å²) in [6.45, 7) is 1.74. The molecule has 0 saturated heterocycles. The fourth-order valence-corrected chi connectivity index (χ4v) is 1.38. The minimum Gasteiger partial charge on any atom is -0.239 e. The van der Waals surface area contributed by atoms with Gasteiger partial charge in [0, 0.05) is 0 Å². The van der Waals surface area contributed by atoms with Crippen molar-refractivity contribution in [2.24, 2.45) is 0 Å². The smallest absolute Gasteiger partial charge is 0.239 e. The van der Waals surface area contributed by atoms with Crippen molar-refractivity contribution in [3.8, 4) is 6.07 Å². The van der Waals surface area contributed by atoms with Crippen LogP contribution < -0.4 is 0 Å². The lowest BCUT2D eigenvalue weighted by Gasteiger charge is -2.07. The van der Waals surface area contributed by atoms with Gasteiger partial charge in [-0.3, -0.25) is 0 Å². The Bertz CT molecular complexity index is 385.